The Hall–Kier alpha value is -2.78. The van der Waals surface area contributed by atoms with Gasteiger partial charge in [0.05, 0.1) is 16.5 Å². The van der Waals surface area contributed by atoms with Crippen molar-refractivity contribution < 1.29 is 27.1 Å². The molecule has 0 heterocycles. The zero-order valence-corrected chi connectivity index (χ0v) is 17.9. The molecule has 1 unspecified atom stereocenters. The average Bonchev–Trinajstić information content (AvgIpc) is 2.73. The first-order valence-corrected chi connectivity index (χ1v) is 10.9. The number of nitrogens with zero attached hydrogens (tertiary/aromatic N) is 1. The van der Waals surface area contributed by atoms with E-state index in [1.165, 1.54) is 40.7 Å². The summed E-state index contributed by atoms with van der Waals surface area (Å²) < 4.78 is 44.5. The number of amides is 1. The van der Waals surface area contributed by atoms with Crippen LogP contribution in [-0.4, -0.2) is 44.3 Å². The lowest BCUT2D eigenvalue weighted by Gasteiger charge is -2.18. The summed E-state index contributed by atoms with van der Waals surface area (Å²) in [4.78, 5) is 24.3. The molecule has 0 aliphatic rings. The van der Waals surface area contributed by atoms with Crippen molar-refractivity contribution in [3.63, 3.8) is 0 Å². The smallest absolute Gasteiger partial charge is 0.338 e. The van der Waals surface area contributed by atoms with E-state index in [4.69, 9.17) is 4.74 Å². The van der Waals surface area contributed by atoms with Crippen LogP contribution in [-0.2, 0) is 19.6 Å². The molecule has 162 valence electrons. The number of halogens is 1. The molecule has 30 heavy (non-hydrogen) atoms. The highest BCUT2D eigenvalue weighted by Crippen LogP contribution is 2.17. The number of carbonyl (C=O) groups is 2. The van der Waals surface area contributed by atoms with Gasteiger partial charge in [0.25, 0.3) is 5.91 Å². The maximum Gasteiger partial charge on any atom is 0.338 e. The van der Waals surface area contributed by atoms with E-state index in [1.54, 1.807) is 32.9 Å². The molecular formula is C21H25FN2O5S. The van der Waals surface area contributed by atoms with Gasteiger partial charge in [0.1, 0.15) is 5.82 Å². The number of ether oxygens (including phenoxy) is 1. The van der Waals surface area contributed by atoms with Gasteiger partial charge in [-0.15, -0.1) is 0 Å². The molecule has 0 bridgehead atoms. The van der Waals surface area contributed by atoms with E-state index in [-0.39, 0.29) is 16.3 Å². The normalized spacial score (nSPS) is 12.4. The van der Waals surface area contributed by atoms with Gasteiger partial charge in [0.2, 0.25) is 10.0 Å². The zero-order chi connectivity index (χ0) is 22.3. The first kappa shape index (κ1) is 23.5. The van der Waals surface area contributed by atoms with Gasteiger partial charge in [-0.25, -0.2) is 17.6 Å². The summed E-state index contributed by atoms with van der Waals surface area (Å²) in [6.07, 6.45) is 0. The minimum atomic E-state index is -3.72. The minimum Gasteiger partial charge on any atom is -0.452 e. The molecule has 7 nitrogen and oxygen atoms in total. The van der Waals surface area contributed by atoms with E-state index in [0.717, 1.165) is 0 Å². The summed E-state index contributed by atoms with van der Waals surface area (Å²) >= 11 is 0. The molecular weight excluding hydrogens is 411 g/mol. The molecule has 0 fully saturated rings. The van der Waals surface area contributed by atoms with Crippen molar-refractivity contribution in [1.82, 2.24) is 9.62 Å². The zero-order valence-electron chi connectivity index (χ0n) is 17.1. The van der Waals surface area contributed by atoms with E-state index < -0.39 is 34.5 Å². The van der Waals surface area contributed by atoms with Crippen molar-refractivity contribution in [3.8, 4) is 0 Å². The van der Waals surface area contributed by atoms with Crippen LogP contribution in [0.25, 0.3) is 0 Å². The highest BCUT2D eigenvalue weighted by atomic mass is 32.2. The summed E-state index contributed by atoms with van der Waals surface area (Å²) in [6.45, 7) is 5.25. The predicted molar refractivity (Wildman–Crippen MR) is 110 cm³/mol. The molecule has 9 heteroatoms. The highest BCUT2D eigenvalue weighted by molar-refractivity contribution is 7.89. The molecule has 0 spiro atoms. The number of carbonyl (C=O) groups excluding carboxylic acids is 2. The Morgan fingerprint density at radius 3 is 2.33 bits per heavy atom. The first-order valence-electron chi connectivity index (χ1n) is 9.51. The molecule has 1 amide bonds. The second-order valence-corrected chi connectivity index (χ2v) is 8.47. The van der Waals surface area contributed by atoms with Crippen molar-refractivity contribution in [2.24, 2.45) is 0 Å². The Bertz CT molecular complexity index is 989. The minimum absolute atomic E-state index is 0.0185. The van der Waals surface area contributed by atoms with Crippen molar-refractivity contribution in [1.29, 1.82) is 0 Å². The fraction of sp³-hybridized carbons (Fsp3) is 0.333. The van der Waals surface area contributed by atoms with Crippen LogP contribution in [0.15, 0.2) is 53.4 Å². The molecule has 2 aromatic carbocycles. The molecule has 0 saturated carbocycles. The third-order valence-corrected chi connectivity index (χ3v) is 6.54. The van der Waals surface area contributed by atoms with Gasteiger partial charge in [-0.05, 0) is 42.8 Å². The Morgan fingerprint density at radius 2 is 1.73 bits per heavy atom. The number of sulfonamides is 1. The van der Waals surface area contributed by atoms with Crippen LogP contribution >= 0.6 is 0 Å². The van der Waals surface area contributed by atoms with Crippen LogP contribution < -0.4 is 5.32 Å². The largest absolute Gasteiger partial charge is 0.452 e. The fourth-order valence-electron chi connectivity index (χ4n) is 2.83. The van der Waals surface area contributed by atoms with E-state index in [0.29, 0.717) is 18.7 Å². The lowest BCUT2D eigenvalue weighted by molar-refractivity contribution is -0.124. The van der Waals surface area contributed by atoms with Gasteiger partial charge in [-0.1, -0.05) is 32.0 Å². The summed E-state index contributed by atoms with van der Waals surface area (Å²) in [6, 6.07) is 10.8. The van der Waals surface area contributed by atoms with Crippen LogP contribution in [0.4, 0.5) is 4.39 Å². The van der Waals surface area contributed by atoms with Crippen LogP contribution in [0, 0.1) is 5.82 Å². The van der Waals surface area contributed by atoms with Crippen molar-refractivity contribution in [2.75, 3.05) is 19.7 Å². The van der Waals surface area contributed by atoms with Gasteiger partial charge < -0.3 is 10.1 Å². The lowest BCUT2D eigenvalue weighted by Crippen LogP contribution is -2.31. The second kappa shape index (κ2) is 10.3. The van der Waals surface area contributed by atoms with Gasteiger partial charge in [0.15, 0.2) is 6.61 Å². The molecule has 2 aromatic rings. The maximum atomic E-state index is 13.0. The Kier molecular flexibility index (Phi) is 8.08. The molecule has 0 aromatic heterocycles. The molecule has 0 radical (unpaired) electrons. The van der Waals surface area contributed by atoms with E-state index in [2.05, 4.69) is 5.32 Å². The third-order valence-electron chi connectivity index (χ3n) is 4.49. The summed E-state index contributed by atoms with van der Waals surface area (Å²) in [5.74, 6) is -1.72. The first-order chi connectivity index (χ1) is 14.2. The van der Waals surface area contributed by atoms with Gasteiger partial charge in [-0.3, -0.25) is 4.79 Å². The SMILES string of the molecule is CCN(CC)S(=O)(=O)c1cccc(C(=O)OCC(=O)NC(C)c2ccc(F)cc2)c1. The van der Waals surface area contributed by atoms with Gasteiger partial charge in [0, 0.05) is 13.1 Å². The molecule has 0 aliphatic carbocycles. The molecule has 1 N–H and O–H groups in total. The molecule has 1 atom stereocenters. The fourth-order valence-corrected chi connectivity index (χ4v) is 4.33. The average molecular weight is 437 g/mol. The maximum absolute atomic E-state index is 13.0. The van der Waals surface area contributed by atoms with Crippen LogP contribution in [0.2, 0.25) is 0 Å². The van der Waals surface area contributed by atoms with Crippen molar-refractivity contribution in [3.05, 3.63) is 65.5 Å². The van der Waals surface area contributed by atoms with Gasteiger partial charge >= 0.3 is 5.97 Å². The monoisotopic (exact) mass is 436 g/mol. The number of esters is 1. The third kappa shape index (κ3) is 5.87. The Balaban J connectivity index is 1.99. The highest BCUT2D eigenvalue weighted by Gasteiger charge is 2.23. The summed E-state index contributed by atoms with van der Waals surface area (Å²) in [5, 5.41) is 2.65. The van der Waals surface area contributed by atoms with Crippen LogP contribution in [0.5, 0.6) is 0 Å². The number of hydrogen-bond acceptors (Lipinski definition) is 5. The Morgan fingerprint density at radius 1 is 1.10 bits per heavy atom. The predicted octanol–water partition coefficient (Wildman–Crippen LogP) is 2.89. The lowest BCUT2D eigenvalue weighted by atomic mass is 10.1. The summed E-state index contributed by atoms with van der Waals surface area (Å²) in [7, 11) is -3.72. The van der Waals surface area contributed by atoms with Crippen molar-refractivity contribution >= 4 is 21.9 Å². The number of benzene rings is 2. The van der Waals surface area contributed by atoms with E-state index in [1.807, 2.05) is 0 Å². The quantitative estimate of drug-likeness (QED) is 0.610. The van der Waals surface area contributed by atoms with E-state index >= 15 is 0 Å². The van der Waals surface area contributed by atoms with Crippen LogP contribution in [0.3, 0.4) is 0 Å². The standard InChI is InChI=1S/C21H25FN2O5S/c1-4-24(5-2)30(27,28)19-8-6-7-17(13-19)21(26)29-14-20(25)23-15(3)16-9-11-18(22)12-10-16/h6-13,15H,4-5,14H2,1-3H3,(H,23,25). The second-order valence-electron chi connectivity index (χ2n) is 6.53. The van der Waals surface area contributed by atoms with Crippen molar-refractivity contribution in [2.45, 2.75) is 31.7 Å². The number of rotatable bonds is 9. The number of nitrogens with one attached hydrogen (secondary N) is 1. The molecule has 2 rings (SSSR count). The topological polar surface area (TPSA) is 92.8 Å². The van der Waals surface area contributed by atoms with E-state index in [9.17, 15) is 22.4 Å². The molecule has 0 saturated heterocycles. The number of hydrogen-bond donors (Lipinski definition) is 1. The Labute approximate surface area is 175 Å². The molecule has 0 aliphatic heterocycles. The summed E-state index contributed by atoms with van der Waals surface area (Å²) in [5.41, 5.74) is 0.730. The van der Waals surface area contributed by atoms with Crippen LogP contribution in [0.1, 0.15) is 42.7 Å². The van der Waals surface area contributed by atoms with Gasteiger partial charge in [-0.2, -0.15) is 4.31 Å².